The van der Waals surface area contributed by atoms with E-state index in [0.717, 1.165) is 30.6 Å². The molecule has 1 aliphatic carbocycles. The maximum atomic E-state index is 13.1. The van der Waals surface area contributed by atoms with E-state index in [-0.39, 0.29) is 5.82 Å². The smallest absolute Gasteiger partial charge is 0.123 e. The van der Waals surface area contributed by atoms with Gasteiger partial charge in [-0.25, -0.2) is 4.39 Å². The maximum Gasteiger partial charge on any atom is 0.123 e. The van der Waals surface area contributed by atoms with Crippen molar-refractivity contribution in [3.05, 3.63) is 35.1 Å². The number of hydrogen-bond acceptors (Lipinski definition) is 2. The van der Waals surface area contributed by atoms with Gasteiger partial charge in [0.05, 0.1) is 0 Å². The van der Waals surface area contributed by atoms with E-state index in [2.05, 4.69) is 12.2 Å². The van der Waals surface area contributed by atoms with Crippen molar-refractivity contribution in [3.63, 3.8) is 0 Å². The summed E-state index contributed by atoms with van der Waals surface area (Å²) < 4.78 is 24.2. The highest BCUT2D eigenvalue weighted by molar-refractivity contribution is 7.84. The van der Waals surface area contributed by atoms with Crippen LogP contribution in [0.4, 0.5) is 4.39 Å². The van der Waals surface area contributed by atoms with Gasteiger partial charge < -0.3 is 5.32 Å². The number of aryl methyl sites for hydroxylation is 1. The predicted octanol–water partition coefficient (Wildman–Crippen LogP) is 2.56. The van der Waals surface area contributed by atoms with Crippen LogP contribution >= 0.6 is 0 Å². The van der Waals surface area contributed by atoms with Gasteiger partial charge in [0.2, 0.25) is 0 Å². The first kappa shape index (κ1) is 13.7. The molecule has 1 aliphatic rings. The van der Waals surface area contributed by atoms with Crippen LogP contribution in [0.2, 0.25) is 0 Å². The predicted molar refractivity (Wildman–Crippen MR) is 73.6 cm³/mol. The highest BCUT2D eigenvalue weighted by atomic mass is 32.2. The van der Waals surface area contributed by atoms with E-state index in [1.54, 1.807) is 12.3 Å². The van der Waals surface area contributed by atoms with Crippen molar-refractivity contribution >= 4 is 10.8 Å². The van der Waals surface area contributed by atoms with Gasteiger partial charge in [-0.3, -0.25) is 4.21 Å². The van der Waals surface area contributed by atoms with Crippen LogP contribution in [0.3, 0.4) is 0 Å². The molecular formula is C14H20FNOS. The van der Waals surface area contributed by atoms with Gasteiger partial charge in [-0.1, -0.05) is 6.07 Å². The summed E-state index contributed by atoms with van der Waals surface area (Å²) in [5.74, 6) is 0.584. The molecule has 0 aromatic heterocycles. The van der Waals surface area contributed by atoms with Crippen LogP contribution in [-0.4, -0.2) is 22.3 Å². The van der Waals surface area contributed by atoms with Gasteiger partial charge in [0.15, 0.2) is 0 Å². The molecule has 3 atom stereocenters. The number of hydrogen-bond donors (Lipinski definition) is 1. The van der Waals surface area contributed by atoms with Crippen molar-refractivity contribution in [2.45, 2.75) is 38.3 Å². The van der Waals surface area contributed by atoms with Gasteiger partial charge in [0.25, 0.3) is 0 Å². The number of benzene rings is 1. The van der Waals surface area contributed by atoms with E-state index in [9.17, 15) is 8.60 Å². The molecular weight excluding hydrogens is 249 g/mol. The van der Waals surface area contributed by atoms with E-state index < -0.39 is 10.8 Å². The zero-order valence-electron chi connectivity index (χ0n) is 10.9. The van der Waals surface area contributed by atoms with Gasteiger partial charge in [-0.05, 0) is 49.4 Å². The third-order valence-electron chi connectivity index (χ3n) is 3.51. The zero-order valence-corrected chi connectivity index (χ0v) is 11.7. The molecule has 0 bridgehead atoms. The van der Waals surface area contributed by atoms with Crippen LogP contribution in [0.25, 0.3) is 0 Å². The molecule has 100 valence electrons. The van der Waals surface area contributed by atoms with E-state index in [0.29, 0.717) is 12.1 Å². The lowest BCUT2D eigenvalue weighted by Gasteiger charge is -2.20. The minimum Gasteiger partial charge on any atom is -0.307 e. The van der Waals surface area contributed by atoms with Crippen LogP contribution in [-0.2, 0) is 17.2 Å². The lowest BCUT2D eigenvalue weighted by molar-refractivity contribution is 0.445. The first-order valence-electron chi connectivity index (χ1n) is 6.40. The van der Waals surface area contributed by atoms with Crippen molar-refractivity contribution in [3.8, 4) is 0 Å². The normalized spacial score (nSPS) is 21.6. The Labute approximate surface area is 110 Å². The summed E-state index contributed by atoms with van der Waals surface area (Å²) >= 11 is 0. The van der Waals surface area contributed by atoms with Crippen LogP contribution in [0.15, 0.2) is 18.2 Å². The monoisotopic (exact) mass is 269 g/mol. The Morgan fingerprint density at radius 2 is 2.33 bits per heavy atom. The second-order valence-electron chi connectivity index (χ2n) is 5.07. The molecule has 2 nitrogen and oxygen atoms in total. The topological polar surface area (TPSA) is 29.1 Å². The van der Waals surface area contributed by atoms with E-state index in [1.165, 1.54) is 11.6 Å². The average molecular weight is 269 g/mol. The second-order valence-corrected chi connectivity index (χ2v) is 6.62. The standard InChI is InChI=1S/C14H20FNOS/c1-10(7-8-18(2)17)16-14-6-3-11-9-12(15)4-5-13(11)14/h4-5,9-10,14,16H,3,6-8H2,1-2H3. The lowest BCUT2D eigenvalue weighted by atomic mass is 10.1. The Bertz CT molecular complexity index is 449. The fraction of sp³-hybridized carbons (Fsp3) is 0.571. The van der Waals surface area contributed by atoms with Crippen LogP contribution < -0.4 is 5.32 Å². The molecule has 0 spiro atoms. The molecule has 1 aromatic carbocycles. The Morgan fingerprint density at radius 1 is 1.56 bits per heavy atom. The summed E-state index contributed by atoms with van der Waals surface area (Å²) in [6, 6.07) is 5.73. The number of rotatable bonds is 5. The summed E-state index contributed by atoms with van der Waals surface area (Å²) in [4.78, 5) is 0. The quantitative estimate of drug-likeness (QED) is 0.890. The third-order valence-corrected chi connectivity index (χ3v) is 4.32. The van der Waals surface area contributed by atoms with Gasteiger partial charge in [0.1, 0.15) is 5.82 Å². The molecule has 4 heteroatoms. The third kappa shape index (κ3) is 3.39. The van der Waals surface area contributed by atoms with Crippen LogP contribution in [0.1, 0.15) is 36.9 Å². The zero-order chi connectivity index (χ0) is 13.1. The lowest BCUT2D eigenvalue weighted by Crippen LogP contribution is -2.30. The van der Waals surface area contributed by atoms with Crippen molar-refractivity contribution in [1.82, 2.24) is 5.32 Å². The molecule has 1 aromatic rings. The fourth-order valence-electron chi connectivity index (χ4n) is 2.53. The van der Waals surface area contributed by atoms with Crippen molar-refractivity contribution < 1.29 is 8.60 Å². The van der Waals surface area contributed by atoms with Crippen LogP contribution in [0.5, 0.6) is 0 Å². The number of halogens is 1. The van der Waals surface area contributed by atoms with Gasteiger partial charge in [0, 0.05) is 34.9 Å². The second kappa shape index (κ2) is 5.93. The Balaban J connectivity index is 1.95. The molecule has 2 rings (SSSR count). The summed E-state index contributed by atoms with van der Waals surface area (Å²) in [5, 5.41) is 3.55. The average Bonchev–Trinajstić information content (AvgIpc) is 2.69. The first-order chi connectivity index (χ1) is 8.56. The Hall–Kier alpha value is -0.740. The molecule has 3 unspecified atom stereocenters. The van der Waals surface area contributed by atoms with Gasteiger partial charge in [-0.2, -0.15) is 0 Å². The molecule has 0 heterocycles. The Morgan fingerprint density at radius 3 is 3.06 bits per heavy atom. The summed E-state index contributed by atoms with van der Waals surface area (Å²) in [7, 11) is -0.727. The molecule has 1 N–H and O–H groups in total. The number of nitrogens with one attached hydrogen (secondary N) is 1. The van der Waals surface area contributed by atoms with Gasteiger partial charge >= 0.3 is 0 Å². The highest BCUT2D eigenvalue weighted by Crippen LogP contribution is 2.31. The van der Waals surface area contributed by atoms with E-state index in [1.807, 2.05) is 6.07 Å². The maximum absolute atomic E-state index is 13.1. The summed E-state index contributed by atoms with van der Waals surface area (Å²) in [5.41, 5.74) is 2.35. The molecule has 0 saturated carbocycles. The molecule has 0 fully saturated rings. The Kier molecular flexibility index (Phi) is 4.51. The van der Waals surface area contributed by atoms with Gasteiger partial charge in [-0.15, -0.1) is 0 Å². The summed E-state index contributed by atoms with van der Waals surface area (Å²) in [6.45, 7) is 2.12. The molecule has 0 saturated heterocycles. The highest BCUT2D eigenvalue weighted by Gasteiger charge is 2.23. The minimum atomic E-state index is -0.727. The van der Waals surface area contributed by atoms with E-state index >= 15 is 0 Å². The van der Waals surface area contributed by atoms with Crippen LogP contribution in [0, 0.1) is 5.82 Å². The molecule has 0 amide bonds. The summed E-state index contributed by atoms with van der Waals surface area (Å²) in [6.07, 6.45) is 4.62. The van der Waals surface area contributed by atoms with Crippen molar-refractivity contribution in [2.24, 2.45) is 0 Å². The minimum absolute atomic E-state index is 0.149. The largest absolute Gasteiger partial charge is 0.307 e. The van der Waals surface area contributed by atoms with E-state index in [4.69, 9.17) is 0 Å². The molecule has 18 heavy (non-hydrogen) atoms. The first-order valence-corrected chi connectivity index (χ1v) is 8.13. The molecule has 0 aliphatic heterocycles. The van der Waals surface area contributed by atoms with Crippen molar-refractivity contribution in [2.75, 3.05) is 12.0 Å². The van der Waals surface area contributed by atoms with Crippen molar-refractivity contribution in [1.29, 1.82) is 0 Å². The molecule has 0 radical (unpaired) electrons. The fourth-order valence-corrected chi connectivity index (χ4v) is 3.21. The SMILES string of the molecule is CC(CCS(C)=O)NC1CCc2cc(F)ccc21. The number of fused-ring (bicyclic) bond motifs is 1.